The topological polar surface area (TPSA) is 142 Å². The summed E-state index contributed by atoms with van der Waals surface area (Å²) in [6.45, 7) is 1.90. The highest BCUT2D eigenvalue weighted by Crippen LogP contribution is 2.35. The molecule has 3 aliphatic heterocycles. The molecule has 2 unspecified atom stereocenters. The average Bonchev–Trinajstić information content (AvgIpc) is 3.50. The van der Waals surface area contributed by atoms with Crippen molar-refractivity contribution in [3.63, 3.8) is 0 Å². The van der Waals surface area contributed by atoms with Gasteiger partial charge >= 0.3 is 5.97 Å². The van der Waals surface area contributed by atoms with Crippen LogP contribution in [-0.4, -0.2) is 55.3 Å². The van der Waals surface area contributed by atoms with Crippen molar-refractivity contribution in [3.05, 3.63) is 48.0 Å². The van der Waals surface area contributed by atoms with E-state index in [9.17, 15) is 19.5 Å². The third-order valence-electron chi connectivity index (χ3n) is 6.31. The Morgan fingerprint density at radius 1 is 1.19 bits per heavy atom. The first kappa shape index (κ1) is 23.5. The van der Waals surface area contributed by atoms with E-state index in [1.165, 1.54) is 0 Å². The lowest BCUT2D eigenvalue weighted by Gasteiger charge is -2.21. The van der Waals surface area contributed by atoms with Crippen molar-refractivity contribution < 1.29 is 29.0 Å². The fraction of sp³-hybridized carbons (Fsp3) is 0.360. The zero-order valence-electron chi connectivity index (χ0n) is 19.5. The smallest absolute Gasteiger partial charge is 0.305 e. The molecular weight excluding hydrogens is 466 g/mol. The summed E-state index contributed by atoms with van der Waals surface area (Å²) in [5.74, 6) is -0.437. The van der Waals surface area contributed by atoms with Gasteiger partial charge in [-0.2, -0.15) is 0 Å². The quantitative estimate of drug-likeness (QED) is 0.458. The first-order chi connectivity index (χ1) is 17.5. The summed E-state index contributed by atoms with van der Waals surface area (Å²) >= 11 is 0. The summed E-state index contributed by atoms with van der Waals surface area (Å²) in [6.07, 6.45) is 0.721. The molecule has 2 aromatic rings. The Morgan fingerprint density at radius 2 is 2.06 bits per heavy atom. The van der Waals surface area contributed by atoms with Gasteiger partial charge in [0.15, 0.2) is 17.5 Å². The third-order valence-corrected chi connectivity index (χ3v) is 6.31. The number of hydrogen-bond donors (Lipinski definition) is 4. The lowest BCUT2D eigenvalue weighted by Crippen LogP contribution is -2.36. The number of nitrogens with zero attached hydrogens (tertiary/aromatic N) is 2. The molecule has 0 spiro atoms. The van der Waals surface area contributed by atoms with E-state index in [0.29, 0.717) is 28.7 Å². The van der Waals surface area contributed by atoms with Crippen LogP contribution in [0.15, 0.2) is 47.5 Å². The van der Waals surface area contributed by atoms with Gasteiger partial charge < -0.3 is 35.4 Å². The monoisotopic (exact) mass is 493 g/mol. The molecule has 4 N–H and O–H groups in total. The van der Waals surface area contributed by atoms with E-state index >= 15 is 0 Å². The van der Waals surface area contributed by atoms with Gasteiger partial charge in [-0.25, -0.2) is 0 Å². The van der Waals surface area contributed by atoms with Crippen LogP contribution in [0.3, 0.4) is 0 Å². The summed E-state index contributed by atoms with van der Waals surface area (Å²) in [5, 5.41) is 18.6. The summed E-state index contributed by atoms with van der Waals surface area (Å²) in [7, 11) is 0. The van der Waals surface area contributed by atoms with Gasteiger partial charge in [-0.05, 0) is 42.3 Å². The molecule has 1 fully saturated rings. The zero-order valence-corrected chi connectivity index (χ0v) is 19.5. The average molecular weight is 494 g/mol. The molecule has 2 aromatic carbocycles. The van der Waals surface area contributed by atoms with Crippen molar-refractivity contribution in [2.45, 2.75) is 25.3 Å². The number of carboxylic acid groups (broad SMARTS) is 1. The van der Waals surface area contributed by atoms with Crippen molar-refractivity contribution in [2.75, 3.05) is 36.6 Å². The fourth-order valence-electron chi connectivity index (χ4n) is 4.48. The van der Waals surface area contributed by atoms with E-state index in [1.54, 1.807) is 23.1 Å². The van der Waals surface area contributed by atoms with Gasteiger partial charge in [0.1, 0.15) is 0 Å². The van der Waals surface area contributed by atoms with Crippen LogP contribution in [0.5, 0.6) is 11.5 Å². The van der Waals surface area contributed by atoms with Crippen LogP contribution < -0.4 is 30.3 Å². The van der Waals surface area contributed by atoms with Gasteiger partial charge in [0, 0.05) is 37.4 Å². The number of fused-ring (bicyclic) bond motifs is 1. The number of carboxylic acids is 1. The van der Waals surface area contributed by atoms with Gasteiger partial charge in [-0.1, -0.05) is 12.1 Å². The van der Waals surface area contributed by atoms with E-state index in [2.05, 4.69) is 20.9 Å². The zero-order chi connectivity index (χ0) is 25.1. The Hall–Kier alpha value is -4.28. The van der Waals surface area contributed by atoms with E-state index in [4.69, 9.17) is 9.47 Å². The van der Waals surface area contributed by atoms with Crippen LogP contribution in [0.4, 0.5) is 11.4 Å². The highest BCUT2D eigenvalue weighted by atomic mass is 16.7. The van der Waals surface area contributed by atoms with E-state index in [-0.39, 0.29) is 38.0 Å². The Labute approximate surface area is 207 Å². The summed E-state index contributed by atoms with van der Waals surface area (Å²) in [6, 6.07) is 11.7. The number of aliphatic imine (C=N–C) groups is 1. The Balaban J connectivity index is 1.27. The SMILES string of the molecule is O=C(O)CC(NC(=O)C1CC(=O)N(c2cccc(NC3=NCCCN3)c2)C1)c1ccc2c(c1)OCO2. The Bertz CT molecular complexity index is 1220. The van der Waals surface area contributed by atoms with Crippen LogP contribution >= 0.6 is 0 Å². The van der Waals surface area contributed by atoms with Gasteiger partial charge in [0.05, 0.1) is 18.4 Å². The van der Waals surface area contributed by atoms with E-state index < -0.39 is 17.9 Å². The number of amides is 2. The predicted octanol–water partition coefficient (Wildman–Crippen LogP) is 1.86. The molecule has 11 heteroatoms. The maximum absolute atomic E-state index is 13.1. The first-order valence-corrected chi connectivity index (χ1v) is 11.8. The molecule has 1 saturated heterocycles. The van der Waals surface area contributed by atoms with Gasteiger partial charge in [-0.3, -0.25) is 19.4 Å². The largest absolute Gasteiger partial charge is 0.481 e. The van der Waals surface area contributed by atoms with Crippen molar-refractivity contribution in [1.82, 2.24) is 10.6 Å². The second kappa shape index (κ2) is 10.1. The highest BCUT2D eigenvalue weighted by Gasteiger charge is 2.36. The molecule has 36 heavy (non-hydrogen) atoms. The number of rotatable bonds is 7. The molecule has 0 aliphatic carbocycles. The van der Waals surface area contributed by atoms with Crippen molar-refractivity contribution in [2.24, 2.45) is 10.9 Å². The molecule has 0 radical (unpaired) electrons. The second-order valence-electron chi connectivity index (χ2n) is 8.86. The molecule has 188 valence electrons. The normalized spacial score (nSPS) is 19.3. The van der Waals surface area contributed by atoms with Gasteiger partial charge in [0.2, 0.25) is 18.6 Å². The maximum atomic E-state index is 13.1. The number of carbonyl (C=O) groups is 3. The maximum Gasteiger partial charge on any atom is 0.305 e. The number of ether oxygens (including phenoxy) is 2. The molecule has 5 rings (SSSR count). The van der Waals surface area contributed by atoms with Gasteiger partial charge in [0.25, 0.3) is 0 Å². The molecule has 3 aliphatic rings. The number of guanidine groups is 1. The van der Waals surface area contributed by atoms with Crippen LogP contribution in [0.1, 0.15) is 30.9 Å². The van der Waals surface area contributed by atoms with Crippen LogP contribution in [0.2, 0.25) is 0 Å². The molecule has 0 saturated carbocycles. The standard InChI is InChI=1S/C25H27N5O6/c31-22-10-16(13-30(22)18-4-1-3-17(11-18)28-25-26-7-2-8-27-25)24(34)29-19(12-23(32)33)15-5-6-20-21(9-15)36-14-35-20/h1,3-6,9,11,16,19H,2,7-8,10,12-14H2,(H,29,34)(H,32,33)(H2,26,27,28). The predicted molar refractivity (Wildman–Crippen MR) is 131 cm³/mol. The number of benzene rings is 2. The summed E-state index contributed by atoms with van der Waals surface area (Å²) in [5.41, 5.74) is 2.05. The van der Waals surface area contributed by atoms with E-state index in [0.717, 1.165) is 25.2 Å². The molecular formula is C25H27N5O6. The lowest BCUT2D eigenvalue weighted by atomic mass is 10.0. The van der Waals surface area contributed by atoms with Crippen molar-refractivity contribution >= 4 is 35.1 Å². The van der Waals surface area contributed by atoms with E-state index in [1.807, 2.05) is 24.3 Å². The molecule has 0 aromatic heterocycles. The van der Waals surface area contributed by atoms with Crippen LogP contribution in [0, 0.1) is 5.92 Å². The number of nitrogens with one attached hydrogen (secondary N) is 3. The number of aliphatic carboxylic acids is 1. The number of hydrogen-bond acceptors (Lipinski definition) is 8. The molecule has 11 nitrogen and oxygen atoms in total. The highest BCUT2D eigenvalue weighted by molar-refractivity contribution is 6.01. The molecule has 0 bridgehead atoms. The van der Waals surface area contributed by atoms with Crippen LogP contribution in [-0.2, 0) is 14.4 Å². The van der Waals surface area contributed by atoms with Crippen molar-refractivity contribution in [3.8, 4) is 11.5 Å². The third kappa shape index (κ3) is 5.19. The fourth-order valence-corrected chi connectivity index (χ4v) is 4.48. The minimum Gasteiger partial charge on any atom is -0.481 e. The molecule has 3 heterocycles. The lowest BCUT2D eigenvalue weighted by molar-refractivity contribution is -0.138. The van der Waals surface area contributed by atoms with Crippen molar-refractivity contribution in [1.29, 1.82) is 0 Å². The number of carbonyl (C=O) groups excluding carboxylic acids is 2. The minimum absolute atomic E-state index is 0.0404. The number of anilines is 2. The minimum atomic E-state index is -1.05. The Kier molecular flexibility index (Phi) is 6.61. The Morgan fingerprint density at radius 3 is 2.86 bits per heavy atom. The molecule has 2 atom stereocenters. The summed E-state index contributed by atoms with van der Waals surface area (Å²) < 4.78 is 10.7. The second-order valence-corrected chi connectivity index (χ2v) is 8.86. The van der Waals surface area contributed by atoms with Gasteiger partial charge in [-0.15, -0.1) is 0 Å². The first-order valence-electron chi connectivity index (χ1n) is 11.8. The summed E-state index contributed by atoms with van der Waals surface area (Å²) in [4.78, 5) is 43.4. The molecule has 2 amide bonds. The van der Waals surface area contributed by atoms with Crippen LogP contribution in [0.25, 0.3) is 0 Å².